The molecule has 0 aliphatic rings. The highest BCUT2D eigenvalue weighted by atomic mass is 32.2. The summed E-state index contributed by atoms with van der Waals surface area (Å²) in [5.41, 5.74) is 7.33. The molecular formula is C14H12N4S2. The lowest BCUT2D eigenvalue weighted by Crippen LogP contribution is -1.93. The minimum atomic E-state index is 0.386. The van der Waals surface area contributed by atoms with Crippen LogP contribution in [0.5, 0.6) is 0 Å². The molecule has 0 aliphatic carbocycles. The van der Waals surface area contributed by atoms with Crippen molar-refractivity contribution in [2.75, 3.05) is 6.54 Å². The van der Waals surface area contributed by atoms with Crippen molar-refractivity contribution in [1.29, 1.82) is 0 Å². The fourth-order valence-corrected chi connectivity index (χ4v) is 3.63. The molecule has 100 valence electrons. The van der Waals surface area contributed by atoms with Crippen LogP contribution >= 0.6 is 23.1 Å². The van der Waals surface area contributed by atoms with Crippen molar-refractivity contribution in [1.82, 2.24) is 14.6 Å². The molecule has 0 radical (unpaired) electrons. The first-order valence-corrected chi connectivity index (χ1v) is 7.93. The lowest BCUT2D eigenvalue weighted by molar-refractivity contribution is 0.921. The normalized spacial score (nSPS) is 10.4. The Kier molecular flexibility index (Phi) is 4.02. The van der Waals surface area contributed by atoms with Crippen molar-refractivity contribution in [3.8, 4) is 11.8 Å². The average molecular weight is 300 g/mol. The van der Waals surface area contributed by atoms with Crippen LogP contribution in [-0.2, 0) is 5.75 Å². The van der Waals surface area contributed by atoms with Crippen LogP contribution in [0.25, 0.3) is 5.65 Å². The number of thioether (sulfide) groups is 1. The van der Waals surface area contributed by atoms with E-state index in [0.29, 0.717) is 6.54 Å². The summed E-state index contributed by atoms with van der Waals surface area (Å²) in [7, 11) is 0. The van der Waals surface area contributed by atoms with E-state index in [4.69, 9.17) is 5.73 Å². The molecule has 6 heteroatoms. The summed E-state index contributed by atoms with van der Waals surface area (Å²) in [5.74, 6) is 6.83. The van der Waals surface area contributed by atoms with Gasteiger partial charge in [-0.25, -0.2) is 0 Å². The molecule has 20 heavy (non-hydrogen) atoms. The topological polar surface area (TPSA) is 56.2 Å². The van der Waals surface area contributed by atoms with Gasteiger partial charge in [-0.2, -0.15) is 0 Å². The van der Waals surface area contributed by atoms with E-state index in [1.54, 1.807) is 23.1 Å². The van der Waals surface area contributed by atoms with Gasteiger partial charge in [-0.05, 0) is 23.6 Å². The Morgan fingerprint density at radius 2 is 2.25 bits per heavy atom. The summed E-state index contributed by atoms with van der Waals surface area (Å²) >= 11 is 3.37. The second-order valence-electron chi connectivity index (χ2n) is 3.96. The van der Waals surface area contributed by atoms with Gasteiger partial charge >= 0.3 is 0 Å². The Labute approximate surface area is 125 Å². The molecule has 0 spiro atoms. The molecule has 3 aromatic rings. The van der Waals surface area contributed by atoms with Gasteiger partial charge in [0.25, 0.3) is 0 Å². The molecule has 0 amide bonds. The van der Waals surface area contributed by atoms with Gasteiger partial charge < -0.3 is 5.73 Å². The summed E-state index contributed by atoms with van der Waals surface area (Å²) in [6.07, 6.45) is 1.97. The third-order valence-corrected chi connectivity index (χ3v) is 4.76. The van der Waals surface area contributed by atoms with E-state index in [2.05, 4.69) is 27.4 Å². The van der Waals surface area contributed by atoms with Crippen LogP contribution in [0.3, 0.4) is 0 Å². The second-order valence-corrected chi connectivity index (χ2v) is 5.91. The average Bonchev–Trinajstić information content (AvgIpc) is 3.09. The zero-order chi connectivity index (χ0) is 13.8. The van der Waals surface area contributed by atoms with Crippen LogP contribution < -0.4 is 5.73 Å². The minimum Gasteiger partial charge on any atom is -0.320 e. The van der Waals surface area contributed by atoms with Gasteiger partial charge in [0.15, 0.2) is 10.8 Å². The van der Waals surface area contributed by atoms with Gasteiger partial charge in [0, 0.05) is 22.4 Å². The molecule has 0 aliphatic heterocycles. The number of thiophene rings is 1. The third-order valence-electron chi connectivity index (χ3n) is 2.69. The zero-order valence-corrected chi connectivity index (χ0v) is 12.2. The quantitative estimate of drug-likeness (QED) is 0.596. The first-order chi connectivity index (χ1) is 9.88. The number of aromatic nitrogens is 3. The Bertz CT molecular complexity index is 779. The number of hydrogen-bond acceptors (Lipinski definition) is 5. The molecule has 0 saturated heterocycles. The molecule has 0 unspecified atom stereocenters. The Balaban J connectivity index is 1.78. The van der Waals surface area contributed by atoms with E-state index < -0.39 is 0 Å². The van der Waals surface area contributed by atoms with Crippen LogP contribution in [-0.4, -0.2) is 21.1 Å². The number of hydrogen-bond donors (Lipinski definition) is 1. The summed E-state index contributed by atoms with van der Waals surface area (Å²) in [5, 5.41) is 11.3. The number of pyridine rings is 1. The van der Waals surface area contributed by atoms with E-state index >= 15 is 0 Å². The smallest absolute Gasteiger partial charge is 0.195 e. The molecule has 3 heterocycles. The van der Waals surface area contributed by atoms with Gasteiger partial charge in [-0.1, -0.05) is 29.7 Å². The van der Waals surface area contributed by atoms with Crippen molar-refractivity contribution < 1.29 is 0 Å². The summed E-state index contributed by atoms with van der Waals surface area (Å²) in [6, 6.07) is 7.91. The Hall–Kier alpha value is -1.81. The lowest BCUT2D eigenvalue weighted by Gasteiger charge is -1.99. The van der Waals surface area contributed by atoms with Gasteiger partial charge in [0.2, 0.25) is 0 Å². The standard InChI is InChI=1S/C14H12N4S2/c15-7-3-4-11-6-9-19-12(11)10-20-14-17-16-13-5-1-2-8-18(13)14/h1-2,5-6,8-9H,7,10,15H2. The van der Waals surface area contributed by atoms with E-state index in [0.717, 1.165) is 22.1 Å². The van der Waals surface area contributed by atoms with E-state index in [-0.39, 0.29) is 0 Å². The molecular weight excluding hydrogens is 288 g/mol. The second kappa shape index (κ2) is 6.09. The van der Waals surface area contributed by atoms with Crippen LogP contribution in [0.4, 0.5) is 0 Å². The summed E-state index contributed by atoms with van der Waals surface area (Å²) in [4.78, 5) is 1.24. The van der Waals surface area contributed by atoms with Crippen LogP contribution in [0.2, 0.25) is 0 Å². The summed E-state index contributed by atoms with van der Waals surface area (Å²) < 4.78 is 1.99. The number of nitrogens with two attached hydrogens (primary N) is 1. The number of rotatable bonds is 3. The fourth-order valence-electron chi connectivity index (χ4n) is 1.76. The van der Waals surface area contributed by atoms with Crippen molar-refractivity contribution in [2.24, 2.45) is 5.73 Å². The fraction of sp³-hybridized carbons (Fsp3) is 0.143. The molecule has 0 bridgehead atoms. The third kappa shape index (κ3) is 2.70. The minimum absolute atomic E-state index is 0.386. The predicted octanol–water partition coefficient (Wildman–Crippen LogP) is 2.39. The van der Waals surface area contributed by atoms with Crippen molar-refractivity contribution >= 4 is 28.7 Å². The zero-order valence-electron chi connectivity index (χ0n) is 10.6. The first-order valence-electron chi connectivity index (χ1n) is 6.06. The molecule has 3 rings (SSSR count). The van der Waals surface area contributed by atoms with Crippen molar-refractivity contribution in [3.63, 3.8) is 0 Å². The maximum Gasteiger partial charge on any atom is 0.195 e. The monoisotopic (exact) mass is 300 g/mol. The van der Waals surface area contributed by atoms with Gasteiger partial charge in [-0.15, -0.1) is 21.5 Å². The summed E-state index contributed by atoms with van der Waals surface area (Å²) in [6.45, 7) is 0.386. The largest absolute Gasteiger partial charge is 0.320 e. The van der Waals surface area contributed by atoms with Crippen molar-refractivity contribution in [2.45, 2.75) is 10.9 Å². The van der Waals surface area contributed by atoms with Gasteiger partial charge in [-0.3, -0.25) is 4.40 Å². The molecule has 0 aromatic carbocycles. The van der Waals surface area contributed by atoms with Crippen molar-refractivity contribution in [3.05, 3.63) is 46.3 Å². The molecule has 4 nitrogen and oxygen atoms in total. The Morgan fingerprint density at radius 3 is 3.15 bits per heavy atom. The van der Waals surface area contributed by atoms with Crippen LogP contribution in [0.15, 0.2) is 41.0 Å². The van der Waals surface area contributed by atoms with E-state index in [1.165, 1.54) is 4.88 Å². The Morgan fingerprint density at radius 1 is 1.30 bits per heavy atom. The predicted molar refractivity (Wildman–Crippen MR) is 82.8 cm³/mol. The number of fused-ring (bicyclic) bond motifs is 1. The highest BCUT2D eigenvalue weighted by Crippen LogP contribution is 2.26. The molecule has 0 fully saturated rings. The maximum atomic E-state index is 5.41. The van der Waals surface area contributed by atoms with Gasteiger partial charge in [0.1, 0.15) is 0 Å². The molecule has 3 aromatic heterocycles. The highest BCUT2D eigenvalue weighted by Gasteiger charge is 2.08. The molecule has 2 N–H and O–H groups in total. The van der Waals surface area contributed by atoms with E-state index in [9.17, 15) is 0 Å². The van der Waals surface area contributed by atoms with E-state index in [1.807, 2.05) is 34.9 Å². The highest BCUT2D eigenvalue weighted by molar-refractivity contribution is 7.98. The maximum absolute atomic E-state index is 5.41. The van der Waals surface area contributed by atoms with Crippen LogP contribution in [0.1, 0.15) is 10.4 Å². The van der Waals surface area contributed by atoms with Gasteiger partial charge in [0.05, 0.1) is 6.54 Å². The molecule has 0 saturated carbocycles. The van der Waals surface area contributed by atoms with Crippen LogP contribution in [0, 0.1) is 11.8 Å². The SMILES string of the molecule is NCC#Cc1ccsc1CSc1nnc2ccccn12. The first kappa shape index (κ1) is 13.2. The number of nitrogens with zero attached hydrogens (tertiary/aromatic N) is 3. The molecule has 0 atom stereocenters. The lowest BCUT2D eigenvalue weighted by atomic mass is 10.3.